The van der Waals surface area contributed by atoms with Gasteiger partial charge in [0.15, 0.2) is 0 Å². The molecule has 2 saturated heterocycles. The molecule has 4 rings (SSSR count). The zero-order valence-electron chi connectivity index (χ0n) is 17.9. The molecular weight excluding hydrogens is 418 g/mol. The molecule has 1 aromatic heterocycles. The van der Waals surface area contributed by atoms with Crippen molar-refractivity contribution in [3.05, 3.63) is 47.2 Å². The van der Waals surface area contributed by atoms with E-state index >= 15 is 0 Å². The van der Waals surface area contributed by atoms with Crippen LogP contribution in [0.25, 0.3) is 0 Å². The van der Waals surface area contributed by atoms with Crippen molar-refractivity contribution < 1.29 is 13.6 Å². The highest BCUT2D eigenvalue weighted by Gasteiger charge is 2.34. The second-order valence-corrected chi connectivity index (χ2v) is 9.15. The molecule has 0 radical (unpaired) electrons. The number of hydrogen-bond donors (Lipinski definition) is 2. The molecule has 0 atom stereocenters. The molecule has 2 aromatic rings. The van der Waals surface area contributed by atoms with Gasteiger partial charge < -0.3 is 15.5 Å². The van der Waals surface area contributed by atoms with Gasteiger partial charge in [0.1, 0.15) is 5.82 Å². The van der Waals surface area contributed by atoms with Gasteiger partial charge in [-0.2, -0.15) is 0 Å². The summed E-state index contributed by atoms with van der Waals surface area (Å²) >= 11 is 1.60. The van der Waals surface area contributed by atoms with Gasteiger partial charge in [-0.1, -0.05) is 6.07 Å². The highest BCUT2D eigenvalue weighted by atomic mass is 32.2. The van der Waals surface area contributed by atoms with Gasteiger partial charge in [-0.05, 0) is 48.9 Å². The van der Waals surface area contributed by atoms with Crippen molar-refractivity contribution >= 4 is 29.2 Å². The Bertz CT molecular complexity index is 965. The molecule has 0 unspecified atom stereocenters. The molecule has 2 N–H and O–H groups in total. The summed E-state index contributed by atoms with van der Waals surface area (Å²) in [5.74, 6) is -2.09. The van der Waals surface area contributed by atoms with Gasteiger partial charge in [0.25, 0.3) is 5.91 Å². The number of pyridine rings is 1. The Morgan fingerprint density at radius 1 is 1.29 bits per heavy atom. The number of benzene rings is 1. The monoisotopic (exact) mass is 446 g/mol. The molecule has 2 aliphatic heterocycles. The Morgan fingerprint density at radius 3 is 2.81 bits per heavy atom. The maximum absolute atomic E-state index is 13.9. The second-order valence-electron chi connectivity index (χ2n) is 8.27. The van der Waals surface area contributed by atoms with E-state index in [1.54, 1.807) is 11.8 Å². The maximum atomic E-state index is 13.9. The van der Waals surface area contributed by atoms with Crippen LogP contribution in [0.2, 0.25) is 0 Å². The van der Waals surface area contributed by atoms with Crippen LogP contribution in [0.4, 0.5) is 20.3 Å². The first-order chi connectivity index (χ1) is 14.9. The van der Waals surface area contributed by atoms with E-state index in [2.05, 4.69) is 15.6 Å². The Kier molecular flexibility index (Phi) is 6.48. The summed E-state index contributed by atoms with van der Waals surface area (Å²) in [6.07, 6.45) is 3.83. The molecule has 3 heterocycles. The molecule has 0 saturated carbocycles. The second kappa shape index (κ2) is 9.12. The summed E-state index contributed by atoms with van der Waals surface area (Å²) < 4.78 is 27.9. The molecule has 1 aromatic carbocycles. The number of anilines is 2. The Morgan fingerprint density at radius 2 is 2.10 bits per heavy atom. The number of halogens is 2. The summed E-state index contributed by atoms with van der Waals surface area (Å²) in [6, 6.07) is 7.67. The van der Waals surface area contributed by atoms with Crippen LogP contribution in [-0.4, -0.2) is 49.2 Å². The number of hydrogen-bond acceptors (Lipinski definition) is 5. The van der Waals surface area contributed by atoms with Crippen molar-refractivity contribution in [2.24, 2.45) is 0 Å². The number of nitrogens with one attached hydrogen (secondary N) is 2. The lowest BCUT2D eigenvalue weighted by atomic mass is 9.89. The number of carbonyl (C=O) groups is 1. The predicted octanol–water partition coefficient (Wildman–Crippen LogP) is 4.68. The standard InChI is InChI=1S/C23H28F2N4OS/c1-15-19(16-12-26-13-16)14-27-21(29-9-4-7-23(24,25)8-10-29)20(15)22(30)28-17-5-3-6-18(11-17)31-2/h3,5-6,11,14,16,26H,4,7-10,12-13H2,1-2H3,(H,28,30). The minimum absolute atomic E-state index is 0.128. The lowest BCUT2D eigenvalue weighted by Crippen LogP contribution is -2.40. The van der Waals surface area contributed by atoms with Crippen LogP contribution < -0.4 is 15.5 Å². The van der Waals surface area contributed by atoms with Crippen molar-refractivity contribution in [3.63, 3.8) is 0 Å². The first-order valence-electron chi connectivity index (χ1n) is 10.7. The number of carbonyl (C=O) groups excluding carboxylic acids is 1. The summed E-state index contributed by atoms with van der Waals surface area (Å²) in [5.41, 5.74) is 3.13. The first-order valence-corrected chi connectivity index (χ1v) is 11.9. The molecule has 0 aliphatic carbocycles. The highest BCUT2D eigenvalue weighted by Crippen LogP contribution is 2.34. The van der Waals surface area contributed by atoms with Gasteiger partial charge in [0.2, 0.25) is 5.92 Å². The van der Waals surface area contributed by atoms with Crippen LogP contribution in [0.3, 0.4) is 0 Å². The highest BCUT2D eigenvalue weighted by molar-refractivity contribution is 7.98. The van der Waals surface area contributed by atoms with Gasteiger partial charge in [-0.3, -0.25) is 4.79 Å². The number of aromatic nitrogens is 1. The average molecular weight is 447 g/mol. The number of rotatable bonds is 5. The molecule has 166 valence electrons. The van der Waals surface area contributed by atoms with Crippen LogP contribution in [0.15, 0.2) is 35.4 Å². The van der Waals surface area contributed by atoms with Crippen LogP contribution in [0.5, 0.6) is 0 Å². The number of thioether (sulfide) groups is 1. The van der Waals surface area contributed by atoms with E-state index in [4.69, 9.17) is 0 Å². The largest absolute Gasteiger partial charge is 0.356 e. The van der Waals surface area contributed by atoms with E-state index in [0.717, 1.165) is 29.1 Å². The quantitative estimate of drug-likeness (QED) is 0.654. The van der Waals surface area contributed by atoms with E-state index in [1.807, 2.05) is 48.5 Å². The third-order valence-electron chi connectivity index (χ3n) is 6.15. The summed E-state index contributed by atoms with van der Waals surface area (Å²) in [4.78, 5) is 21.0. The Labute approximate surface area is 186 Å². The zero-order chi connectivity index (χ0) is 22.0. The van der Waals surface area contributed by atoms with Crippen molar-refractivity contribution in [1.29, 1.82) is 0 Å². The normalized spacial score (nSPS) is 18.9. The summed E-state index contributed by atoms with van der Waals surface area (Å²) in [6.45, 7) is 4.31. The molecule has 2 aliphatic rings. The van der Waals surface area contributed by atoms with Crippen molar-refractivity contribution in [2.75, 3.05) is 42.7 Å². The fourth-order valence-electron chi connectivity index (χ4n) is 4.21. The number of amides is 1. The SMILES string of the molecule is CSc1cccc(NC(=O)c2c(N3CCCC(F)(F)CC3)ncc(C3CNC3)c2C)c1. The zero-order valence-corrected chi connectivity index (χ0v) is 18.7. The van der Waals surface area contributed by atoms with Crippen LogP contribution >= 0.6 is 11.8 Å². The smallest absolute Gasteiger partial charge is 0.259 e. The molecular formula is C23H28F2N4OS. The first kappa shape index (κ1) is 22.0. The van der Waals surface area contributed by atoms with Crippen LogP contribution in [-0.2, 0) is 0 Å². The van der Waals surface area contributed by atoms with Crippen LogP contribution in [0.1, 0.15) is 46.7 Å². The van der Waals surface area contributed by atoms with E-state index < -0.39 is 5.92 Å². The predicted molar refractivity (Wildman–Crippen MR) is 122 cm³/mol. The molecule has 8 heteroatoms. The molecule has 31 heavy (non-hydrogen) atoms. The minimum Gasteiger partial charge on any atom is -0.356 e. The fourth-order valence-corrected chi connectivity index (χ4v) is 4.67. The maximum Gasteiger partial charge on any atom is 0.259 e. The summed E-state index contributed by atoms with van der Waals surface area (Å²) in [7, 11) is 0. The van der Waals surface area contributed by atoms with E-state index in [1.165, 1.54) is 0 Å². The molecule has 0 bridgehead atoms. The lowest BCUT2D eigenvalue weighted by Gasteiger charge is -2.31. The lowest BCUT2D eigenvalue weighted by molar-refractivity contribution is -0.0102. The van der Waals surface area contributed by atoms with E-state index in [0.29, 0.717) is 36.0 Å². The number of nitrogens with zero attached hydrogens (tertiary/aromatic N) is 2. The Hall–Kier alpha value is -2.19. The van der Waals surface area contributed by atoms with Crippen molar-refractivity contribution in [1.82, 2.24) is 10.3 Å². The third-order valence-corrected chi connectivity index (χ3v) is 6.88. The topological polar surface area (TPSA) is 57.3 Å². The van der Waals surface area contributed by atoms with Gasteiger partial charge in [-0.15, -0.1) is 11.8 Å². The van der Waals surface area contributed by atoms with Gasteiger partial charge >= 0.3 is 0 Å². The average Bonchev–Trinajstić information content (AvgIpc) is 2.88. The van der Waals surface area contributed by atoms with Gasteiger partial charge in [-0.25, -0.2) is 13.8 Å². The van der Waals surface area contributed by atoms with E-state index in [9.17, 15) is 13.6 Å². The van der Waals surface area contributed by atoms with E-state index in [-0.39, 0.29) is 25.3 Å². The fraction of sp³-hybridized carbons (Fsp3) is 0.478. The summed E-state index contributed by atoms with van der Waals surface area (Å²) in [5, 5.41) is 6.26. The molecule has 0 spiro atoms. The molecule has 5 nitrogen and oxygen atoms in total. The van der Waals surface area contributed by atoms with Gasteiger partial charge in [0.05, 0.1) is 5.56 Å². The van der Waals surface area contributed by atoms with Crippen molar-refractivity contribution in [3.8, 4) is 0 Å². The van der Waals surface area contributed by atoms with Crippen molar-refractivity contribution in [2.45, 2.75) is 42.9 Å². The minimum atomic E-state index is -2.66. The number of alkyl halides is 2. The van der Waals surface area contributed by atoms with Gasteiger partial charge in [0, 0.05) is 61.7 Å². The Balaban J connectivity index is 1.69. The third kappa shape index (κ3) is 4.85. The molecule has 2 fully saturated rings. The molecule has 1 amide bonds. The van der Waals surface area contributed by atoms with Crippen LogP contribution in [0, 0.1) is 6.92 Å².